The maximum atomic E-state index is 12.6. The molecule has 2 aromatic heterocycles. The summed E-state index contributed by atoms with van der Waals surface area (Å²) in [5, 5.41) is 11.7. The fourth-order valence-electron chi connectivity index (χ4n) is 3.62. The van der Waals surface area contributed by atoms with E-state index in [1.165, 1.54) is 5.56 Å². The molecule has 1 aromatic carbocycles. The molecule has 1 atom stereocenters. The lowest BCUT2D eigenvalue weighted by atomic mass is 9.97. The van der Waals surface area contributed by atoms with Gasteiger partial charge in [0.25, 0.3) is 0 Å². The second-order valence-corrected chi connectivity index (χ2v) is 6.92. The van der Waals surface area contributed by atoms with Crippen molar-refractivity contribution in [3.63, 3.8) is 0 Å². The van der Waals surface area contributed by atoms with Gasteiger partial charge in [0.05, 0.1) is 0 Å². The van der Waals surface area contributed by atoms with Crippen molar-refractivity contribution in [1.82, 2.24) is 24.8 Å². The summed E-state index contributed by atoms with van der Waals surface area (Å²) in [5.74, 6) is 1.16. The molecule has 3 heterocycles. The van der Waals surface area contributed by atoms with Crippen LogP contribution in [0.15, 0.2) is 48.7 Å². The van der Waals surface area contributed by atoms with Gasteiger partial charge in [-0.3, -0.25) is 4.40 Å². The van der Waals surface area contributed by atoms with Crippen LogP contribution in [0.1, 0.15) is 35.7 Å². The SMILES string of the molecule is Cc1cccc(CNC(=O)N2CCC[C@H](c3nnc4ccccn34)C2)c1. The first kappa shape index (κ1) is 16.6. The number of likely N-dealkylation sites (tertiary alicyclic amines) is 1. The maximum Gasteiger partial charge on any atom is 0.317 e. The van der Waals surface area contributed by atoms with E-state index < -0.39 is 0 Å². The largest absolute Gasteiger partial charge is 0.334 e. The second kappa shape index (κ2) is 7.15. The second-order valence-electron chi connectivity index (χ2n) is 6.92. The number of hydrogen-bond acceptors (Lipinski definition) is 3. The van der Waals surface area contributed by atoms with E-state index in [0.29, 0.717) is 13.1 Å². The Morgan fingerprint density at radius 3 is 3.04 bits per heavy atom. The number of hydrogen-bond donors (Lipinski definition) is 1. The average Bonchev–Trinajstić information content (AvgIpc) is 3.10. The number of piperidine rings is 1. The van der Waals surface area contributed by atoms with E-state index in [-0.39, 0.29) is 11.9 Å². The summed E-state index contributed by atoms with van der Waals surface area (Å²) in [5.41, 5.74) is 3.17. The number of rotatable bonds is 3. The van der Waals surface area contributed by atoms with Gasteiger partial charge in [0.2, 0.25) is 0 Å². The van der Waals surface area contributed by atoms with Gasteiger partial charge < -0.3 is 10.2 Å². The number of benzene rings is 1. The van der Waals surface area contributed by atoms with Crippen LogP contribution in [0.3, 0.4) is 0 Å². The quantitative estimate of drug-likeness (QED) is 0.790. The Kier molecular flexibility index (Phi) is 4.56. The van der Waals surface area contributed by atoms with Crippen LogP contribution in [-0.2, 0) is 6.54 Å². The highest BCUT2D eigenvalue weighted by atomic mass is 16.2. The third-order valence-electron chi connectivity index (χ3n) is 4.94. The van der Waals surface area contributed by atoms with Gasteiger partial charge in [-0.15, -0.1) is 10.2 Å². The Morgan fingerprint density at radius 2 is 2.15 bits per heavy atom. The van der Waals surface area contributed by atoms with E-state index in [1.807, 2.05) is 45.8 Å². The zero-order valence-corrected chi connectivity index (χ0v) is 14.9. The Balaban J connectivity index is 1.42. The number of carbonyl (C=O) groups is 1. The van der Waals surface area contributed by atoms with Gasteiger partial charge in [-0.25, -0.2) is 4.79 Å². The Morgan fingerprint density at radius 1 is 1.23 bits per heavy atom. The van der Waals surface area contributed by atoms with Crippen molar-refractivity contribution in [3.8, 4) is 0 Å². The molecule has 1 N–H and O–H groups in total. The van der Waals surface area contributed by atoms with Gasteiger partial charge in [0, 0.05) is 31.7 Å². The van der Waals surface area contributed by atoms with Gasteiger partial charge in [0.15, 0.2) is 5.65 Å². The summed E-state index contributed by atoms with van der Waals surface area (Å²) in [7, 11) is 0. The van der Waals surface area contributed by atoms with Gasteiger partial charge in [-0.05, 0) is 37.5 Å². The van der Waals surface area contributed by atoms with Crippen LogP contribution < -0.4 is 5.32 Å². The van der Waals surface area contributed by atoms with Crippen molar-refractivity contribution < 1.29 is 4.79 Å². The van der Waals surface area contributed by atoms with Crippen LogP contribution >= 0.6 is 0 Å². The van der Waals surface area contributed by atoms with Crippen molar-refractivity contribution >= 4 is 11.7 Å². The van der Waals surface area contributed by atoms with Crippen LogP contribution in [0.4, 0.5) is 4.79 Å². The van der Waals surface area contributed by atoms with Crippen LogP contribution in [0, 0.1) is 6.92 Å². The van der Waals surface area contributed by atoms with Gasteiger partial charge in [0.1, 0.15) is 5.82 Å². The van der Waals surface area contributed by atoms with Crippen LogP contribution in [0.25, 0.3) is 5.65 Å². The molecule has 1 saturated heterocycles. The molecule has 2 amide bonds. The lowest BCUT2D eigenvalue weighted by molar-refractivity contribution is 0.177. The van der Waals surface area contributed by atoms with E-state index in [9.17, 15) is 4.79 Å². The summed E-state index contributed by atoms with van der Waals surface area (Å²) in [6.45, 7) is 4.07. The molecule has 0 unspecified atom stereocenters. The lowest BCUT2D eigenvalue weighted by Crippen LogP contribution is -2.45. The minimum absolute atomic E-state index is 0.00923. The van der Waals surface area contributed by atoms with Crippen molar-refractivity contribution in [2.75, 3.05) is 13.1 Å². The summed E-state index contributed by atoms with van der Waals surface area (Å²) in [4.78, 5) is 14.5. The van der Waals surface area contributed by atoms with Crippen LogP contribution in [0.5, 0.6) is 0 Å². The topological polar surface area (TPSA) is 62.5 Å². The lowest BCUT2D eigenvalue weighted by Gasteiger charge is -2.32. The zero-order chi connectivity index (χ0) is 17.9. The Bertz CT molecular complexity index is 919. The fourth-order valence-corrected chi connectivity index (χ4v) is 3.62. The Hall–Kier alpha value is -2.89. The molecule has 3 aromatic rings. The molecule has 1 aliphatic rings. The highest BCUT2D eigenvalue weighted by Gasteiger charge is 2.27. The molecular formula is C20H23N5O. The summed E-state index contributed by atoms with van der Waals surface area (Å²) in [6, 6.07) is 14.1. The number of pyridine rings is 1. The monoisotopic (exact) mass is 349 g/mol. The predicted molar refractivity (Wildman–Crippen MR) is 99.9 cm³/mol. The zero-order valence-electron chi connectivity index (χ0n) is 14.9. The molecule has 0 aliphatic carbocycles. The number of fused-ring (bicyclic) bond motifs is 1. The van der Waals surface area contributed by atoms with E-state index in [4.69, 9.17) is 0 Å². The molecule has 134 valence electrons. The van der Waals surface area contributed by atoms with Crippen LogP contribution in [0.2, 0.25) is 0 Å². The van der Waals surface area contributed by atoms with E-state index >= 15 is 0 Å². The smallest absolute Gasteiger partial charge is 0.317 e. The summed E-state index contributed by atoms with van der Waals surface area (Å²) < 4.78 is 2.03. The van der Waals surface area contributed by atoms with Crippen molar-refractivity contribution in [1.29, 1.82) is 0 Å². The summed E-state index contributed by atoms with van der Waals surface area (Å²) >= 11 is 0. The fraction of sp³-hybridized carbons (Fsp3) is 0.350. The maximum absolute atomic E-state index is 12.6. The molecule has 1 aliphatic heterocycles. The third kappa shape index (κ3) is 3.40. The minimum atomic E-state index is -0.00923. The molecule has 0 bridgehead atoms. The first-order valence-corrected chi connectivity index (χ1v) is 9.09. The number of aromatic nitrogens is 3. The number of urea groups is 1. The van der Waals surface area contributed by atoms with E-state index in [1.54, 1.807) is 0 Å². The molecule has 6 nitrogen and oxygen atoms in total. The van der Waals surface area contributed by atoms with Gasteiger partial charge >= 0.3 is 6.03 Å². The molecule has 0 spiro atoms. The van der Waals surface area contributed by atoms with Gasteiger partial charge in [-0.1, -0.05) is 35.9 Å². The number of aryl methyl sites for hydroxylation is 1. The van der Waals surface area contributed by atoms with Crippen molar-refractivity contribution in [3.05, 3.63) is 65.6 Å². The van der Waals surface area contributed by atoms with Crippen molar-refractivity contribution in [2.24, 2.45) is 0 Å². The molecule has 0 saturated carbocycles. The molecule has 6 heteroatoms. The average molecular weight is 349 g/mol. The molecule has 4 rings (SSSR count). The molecule has 26 heavy (non-hydrogen) atoms. The van der Waals surface area contributed by atoms with E-state index in [2.05, 4.69) is 34.6 Å². The normalized spacial score (nSPS) is 17.4. The van der Waals surface area contributed by atoms with E-state index in [0.717, 1.165) is 36.4 Å². The number of nitrogens with one attached hydrogen (secondary N) is 1. The highest BCUT2D eigenvalue weighted by molar-refractivity contribution is 5.74. The number of carbonyl (C=O) groups excluding carboxylic acids is 1. The van der Waals surface area contributed by atoms with Gasteiger partial charge in [-0.2, -0.15) is 0 Å². The van der Waals surface area contributed by atoms with Crippen LogP contribution in [-0.4, -0.2) is 38.6 Å². The number of nitrogens with zero attached hydrogens (tertiary/aromatic N) is 4. The predicted octanol–water partition coefficient (Wildman–Crippen LogP) is 3.13. The standard InChI is InChI=1S/C20H23N5O/c1-15-6-4-7-16(12-15)13-21-20(26)24-10-5-8-17(14-24)19-23-22-18-9-2-3-11-25(18)19/h2-4,6-7,9,11-12,17H,5,8,10,13-14H2,1H3,(H,21,26)/t17-/m0/s1. The first-order valence-electron chi connectivity index (χ1n) is 9.09. The number of amides is 2. The highest BCUT2D eigenvalue weighted by Crippen LogP contribution is 2.26. The first-order chi connectivity index (χ1) is 12.7. The molecule has 0 radical (unpaired) electrons. The Labute approximate surface area is 152 Å². The molecule has 1 fully saturated rings. The third-order valence-corrected chi connectivity index (χ3v) is 4.94. The minimum Gasteiger partial charge on any atom is -0.334 e. The summed E-state index contributed by atoms with van der Waals surface area (Å²) in [6.07, 6.45) is 3.99. The van der Waals surface area contributed by atoms with Crippen molar-refractivity contribution in [2.45, 2.75) is 32.2 Å². The molecular weight excluding hydrogens is 326 g/mol.